The Balaban J connectivity index is 2.44. The average Bonchev–Trinajstić information content (AvgIpc) is 2.65. The van der Waals surface area contributed by atoms with Gasteiger partial charge in [-0.05, 0) is 59.3 Å². The Labute approximate surface area is 172 Å². The smallest absolute Gasteiger partial charge is 0.256 e. The van der Waals surface area contributed by atoms with E-state index in [1.165, 1.54) is 34.6 Å². The number of benzene rings is 2. The molecule has 0 saturated carbocycles. The van der Waals surface area contributed by atoms with Crippen LogP contribution in [0.15, 0.2) is 45.8 Å². The lowest BCUT2D eigenvalue weighted by atomic mass is 10.2. The van der Waals surface area contributed by atoms with Crippen LogP contribution < -0.4 is 10.1 Å². The second kappa shape index (κ2) is 9.49. The van der Waals surface area contributed by atoms with Gasteiger partial charge in [0.25, 0.3) is 5.91 Å². The number of rotatable bonds is 8. The zero-order valence-electron chi connectivity index (χ0n) is 15.8. The summed E-state index contributed by atoms with van der Waals surface area (Å²) >= 11 is 3.21. The minimum absolute atomic E-state index is 0.0332. The zero-order valence-corrected chi connectivity index (χ0v) is 18.2. The monoisotopic (exact) mass is 472 g/mol. The molecule has 0 radical (unpaired) electrons. The van der Waals surface area contributed by atoms with Crippen molar-refractivity contribution in [2.75, 3.05) is 25.0 Å². The number of ether oxygens (including phenoxy) is 1. The molecule has 0 aliphatic rings. The molecule has 2 aromatic rings. The molecule has 6 nitrogen and oxygen atoms in total. The third-order valence-electron chi connectivity index (χ3n) is 4.00. The molecule has 0 unspecified atom stereocenters. The van der Waals surface area contributed by atoms with Gasteiger partial charge in [-0.3, -0.25) is 4.79 Å². The second-order valence-electron chi connectivity index (χ2n) is 5.76. The molecule has 28 heavy (non-hydrogen) atoms. The molecule has 0 bridgehead atoms. The van der Waals surface area contributed by atoms with Crippen molar-refractivity contribution in [1.82, 2.24) is 4.31 Å². The van der Waals surface area contributed by atoms with Crippen molar-refractivity contribution in [3.05, 3.63) is 52.3 Å². The Bertz CT molecular complexity index is 962. The molecular weight excluding hydrogens is 451 g/mol. The van der Waals surface area contributed by atoms with Gasteiger partial charge in [-0.15, -0.1) is 0 Å². The number of amides is 1. The number of nitrogens with one attached hydrogen (secondary N) is 1. The van der Waals surface area contributed by atoms with E-state index in [4.69, 9.17) is 4.74 Å². The number of carbonyl (C=O) groups excluding carboxylic acids is 1. The molecule has 152 valence electrons. The van der Waals surface area contributed by atoms with E-state index in [0.29, 0.717) is 24.2 Å². The van der Waals surface area contributed by atoms with Crippen molar-refractivity contribution in [2.45, 2.75) is 25.7 Å². The van der Waals surface area contributed by atoms with Crippen LogP contribution in [0.1, 0.15) is 31.1 Å². The number of anilines is 1. The summed E-state index contributed by atoms with van der Waals surface area (Å²) in [6.07, 6.45) is 0. The van der Waals surface area contributed by atoms with Gasteiger partial charge in [0, 0.05) is 23.2 Å². The summed E-state index contributed by atoms with van der Waals surface area (Å²) in [5, 5.41) is 2.61. The molecule has 9 heteroatoms. The van der Waals surface area contributed by atoms with E-state index in [1.807, 2.05) is 0 Å². The predicted molar refractivity (Wildman–Crippen MR) is 110 cm³/mol. The van der Waals surface area contributed by atoms with E-state index >= 15 is 0 Å². The van der Waals surface area contributed by atoms with Crippen molar-refractivity contribution in [1.29, 1.82) is 0 Å². The normalized spacial score (nSPS) is 11.5. The molecule has 0 heterocycles. The molecule has 2 aromatic carbocycles. The lowest BCUT2D eigenvalue weighted by Crippen LogP contribution is -2.31. The van der Waals surface area contributed by atoms with E-state index in [1.54, 1.807) is 20.8 Å². The van der Waals surface area contributed by atoms with Crippen LogP contribution >= 0.6 is 15.9 Å². The number of carbonyl (C=O) groups is 1. The summed E-state index contributed by atoms with van der Waals surface area (Å²) in [5.74, 6) is -0.911. The molecular formula is C19H22BrFN2O4S. The van der Waals surface area contributed by atoms with Gasteiger partial charge < -0.3 is 10.1 Å². The topological polar surface area (TPSA) is 75.7 Å². The number of halogens is 2. The highest BCUT2D eigenvalue weighted by Crippen LogP contribution is 2.30. The summed E-state index contributed by atoms with van der Waals surface area (Å²) in [4.78, 5) is 12.5. The van der Waals surface area contributed by atoms with Gasteiger partial charge in [-0.1, -0.05) is 13.8 Å². The van der Waals surface area contributed by atoms with Gasteiger partial charge in [0.05, 0.1) is 12.2 Å². The minimum Gasteiger partial charge on any atom is -0.492 e. The summed E-state index contributed by atoms with van der Waals surface area (Å²) in [7, 11) is -3.80. The molecule has 0 saturated heterocycles. The molecule has 1 N–H and O–H groups in total. The predicted octanol–water partition coefficient (Wildman–Crippen LogP) is 4.27. The largest absolute Gasteiger partial charge is 0.492 e. The Hall–Kier alpha value is -1.97. The molecule has 1 amide bonds. The molecule has 0 aliphatic heterocycles. The van der Waals surface area contributed by atoms with Crippen LogP contribution in [0.5, 0.6) is 5.75 Å². The zero-order chi connectivity index (χ0) is 20.9. The standard InChI is InChI=1S/C19H22BrFN2O4S/c1-4-23(5-2)28(25,26)18-12-14(8-10-17(18)27-6-3)22-19(24)15-11-13(21)7-9-16(15)20/h7-12H,4-6H2,1-3H3,(H,22,24). The number of hydrogen-bond acceptors (Lipinski definition) is 4. The maximum Gasteiger partial charge on any atom is 0.256 e. The Morgan fingerprint density at radius 2 is 1.82 bits per heavy atom. The van der Waals surface area contributed by atoms with Gasteiger partial charge >= 0.3 is 0 Å². The molecule has 2 rings (SSSR count). The van der Waals surface area contributed by atoms with E-state index in [-0.39, 0.29) is 21.9 Å². The summed E-state index contributed by atoms with van der Waals surface area (Å²) in [5.41, 5.74) is 0.359. The molecule has 0 aliphatic carbocycles. The van der Waals surface area contributed by atoms with E-state index < -0.39 is 21.7 Å². The maximum atomic E-state index is 13.5. The van der Waals surface area contributed by atoms with Crippen molar-refractivity contribution in [2.24, 2.45) is 0 Å². The fraction of sp³-hybridized carbons (Fsp3) is 0.316. The summed E-state index contributed by atoms with van der Waals surface area (Å²) in [6.45, 7) is 6.14. The van der Waals surface area contributed by atoms with Crippen LogP contribution in [0.4, 0.5) is 10.1 Å². The molecule has 0 fully saturated rings. The van der Waals surface area contributed by atoms with Gasteiger partial charge in [0.2, 0.25) is 10.0 Å². The van der Waals surface area contributed by atoms with Crippen molar-refractivity contribution < 1.29 is 22.3 Å². The maximum absolute atomic E-state index is 13.5. The number of nitrogens with zero attached hydrogens (tertiary/aromatic N) is 1. The van der Waals surface area contributed by atoms with Crippen LogP contribution in [-0.2, 0) is 10.0 Å². The van der Waals surface area contributed by atoms with Crippen molar-refractivity contribution in [3.8, 4) is 5.75 Å². The fourth-order valence-electron chi connectivity index (χ4n) is 2.63. The Morgan fingerprint density at radius 3 is 2.43 bits per heavy atom. The third-order valence-corrected chi connectivity index (χ3v) is 6.76. The van der Waals surface area contributed by atoms with Crippen molar-refractivity contribution >= 4 is 37.5 Å². The first-order chi connectivity index (χ1) is 13.2. The van der Waals surface area contributed by atoms with E-state index in [9.17, 15) is 17.6 Å². The highest BCUT2D eigenvalue weighted by Gasteiger charge is 2.26. The quantitative estimate of drug-likeness (QED) is 0.622. The average molecular weight is 473 g/mol. The fourth-order valence-corrected chi connectivity index (χ4v) is 4.68. The lowest BCUT2D eigenvalue weighted by Gasteiger charge is -2.21. The first kappa shape index (κ1) is 22.3. The summed E-state index contributed by atoms with van der Waals surface area (Å²) < 4.78 is 46.6. The van der Waals surface area contributed by atoms with Crippen LogP contribution in [0.3, 0.4) is 0 Å². The summed E-state index contributed by atoms with van der Waals surface area (Å²) in [6, 6.07) is 8.14. The number of hydrogen-bond donors (Lipinski definition) is 1. The van der Waals surface area contributed by atoms with Crippen LogP contribution in [0.2, 0.25) is 0 Å². The highest BCUT2D eigenvalue weighted by molar-refractivity contribution is 9.10. The first-order valence-corrected chi connectivity index (χ1v) is 11.0. The lowest BCUT2D eigenvalue weighted by molar-refractivity contribution is 0.102. The highest BCUT2D eigenvalue weighted by atomic mass is 79.9. The van der Waals surface area contributed by atoms with Gasteiger partial charge in [0.1, 0.15) is 16.5 Å². The van der Waals surface area contributed by atoms with Crippen molar-refractivity contribution in [3.63, 3.8) is 0 Å². The van der Waals surface area contributed by atoms with Gasteiger partial charge in [-0.25, -0.2) is 12.8 Å². The minimum atomic E-state index is -3.80. The second-order valence-corrected chi connectivity index (χ2v) is 8.52. The Morgan fingerprint density at radius 1 is 1.14 bits per heavy atom. The van der Waals surface area contributed by atoms with Gasteiger partial charge in [-0.2, -0.15) is 4.31 Å². The van der Waals surface area contributed by atoms with Gasteiger partial charge in [0.15, 0.2) is 0 Å². The number of sulfonamides is 1. The molecule has 0 aromatic heterocycles. The van der Waals surface area contributed by atoms with E-state index in [2.05, 4.69) is 21.2 Å². The molecule has 0 spiro atoms. The SMILES string of the molecule is CCOc1ccc(NC(=O)c2cc(F)ccc2Br)cc1S(=O)(=O)N(CC)CC. The van der Waals surface area contributed by atoms with Crippen LogP contribution in [-0.4, -0.2) is 38.3 Å². The van der Waals surface area contributed by atoms with Crippen LogP contribution in [0, 0.1) is 5.82 Å². The van der Waals surface area contributed by atoms with E-state index in [0.717, 1.165) is 6.07 Å². The Kier molecular flexibility index (Phi) is 7.56. The third kappa shape index (κ3) is 4.89. The van der Waals surface area contributed by atoms with Crippen LogP contribution in [0.25, 0.3) is 0 Å². The first-order valence-electron chi connectivity index (χ1n) is 8.77. The molecule has 0 atom stereocenters.